The largest absolute Gasteiger partial charge is 0.494 e. The second-order valence-corrected chi connectivity index (χ2v) is 9.17. The van der Waals surface area contributed by atoms with Gasteiger partial charge in [-0.2, -0.15) is 13.2 Å². The van der Waals surface area contributed by atoms with Gasteiger partial charge in [0.05, 0.1) is 28.2 Å². The van der Waals surface area contributed by atoms with Crippen molar-refractivity contribution in [1.82, 2.24) is 9.72 Å². The Kier molecular flexibility index (Phi) is 6.38. The Bertz CT molecular complexity index is 1550. The van der Waals surface area contributed by atoms with Gasteiger partial charge in [0, 0.05) is 23.6 Å². The summed E-state index contributed by atoms with van der Waals surface area (Å²) in [6.45, 7) is -1.57. The van der Waals surface area contributed by atoms with Gasteiger partial charge in [-0.15, -0.1) is 0 Å². The highest BCUT2D eigenvalue weighted by Crippen LogP contribution is 2.36. The molecule has 0 aliphatic rings. The molecule has 0 atom stereocenters. The summed E-state index contributed by atoms with van der Waals surface area (Å²) in [5.74, 6) is -0.293. The molecule has 0 amide bonds. The number of hydrogen-bond acceptors (Lipinski definition) is 7. The molecule has 9 nitrogen and oxygen atoms in total. The molecule has 0 saturated carbocycles. The van der Waals surface area contributed by atoms with Crippen LogP contribution in [0.1, 0.15) is 0 Å². The van der Waals surface area contributed by atoms with Crippen molar-refractivity contribution < 1.29 is 35.6 Å². The summed E-state index contributed by atoms with van der Waals surface area (Å²) < 4.78 is 81.1. The third-order valence-corrected chi connectivity index (χ3v) is 6.37. The van der Waals surface area contributed by atoms with Crippen molar-refractivity contribution in [3.8, 4) is 17.2 Å². The Balaban J connectivity index is 1.80. The normalized spacial score (nSPS) is 12.0. The second kappa shape index (κ2) is 9.15. The molecule has 184 valence electrons. The highest BCUT2D eigenvalue weighted by atomic mass is 35.5. The lowest BCUT2D eigenvalue weighted by Crippen LogP contribution is -2.20. The van der Waals surface area contributed by atoms with Gasteiger partial charge >= 0.3 is 6.18 Å². The number of sulfonamides is 1. The average molecular weight is 530 g/mol. The van der Waals surface area contributed by atoms with Crippen molar-refractivity contribution in [1.29, 1.82) is 0 Å². The Morgan fingerprint density at radius 2 is 1.89 bits per heavy atom. The van der Waals surface area contributed by atoms with Crippen molar-refractivity contribution >= 4 is 38.3 Å². The topological polar surface area (TPSA) is 113 Å². The average Bonchev–Trinajstić information content (AvgIpc) is 3.29. The molecule has 2 aromatic carbocycles. The molecule has 0 bridgehead atoms. The van der Waals surface area contributed by atoms with E-state index in [1.165, 1.54) is 60.4 Å². The van der Waals surface area contributed by atoms with E-state index in [0.29, 0.717) is 5.39 Å². The van der Waals surface area contributed by atoms with E-state index in [2.05, 4.69) is 14.4 Å². The lowest BCUT2D eigenvalue weighted by Gasteiger charge is -2.17. The van der Waals surface area contributed by atoms with E-state index < -0.39 is 28.4 Å². The van der Waals surface area contributed by atoms with Gasteiger partial charge in [0.15, 0.2) is 12.4 Å². The fourth-order valence-corrected chi connectivity index (χ4v) is 4.47. The molecule has 0 fully saturated rings. The highest BCUT2D eigenvalue weighted by molar-refractivity contribution is 7.92. The van der Waals surface area contributed by atoms with Gasteiger partial charge in [0.2, 0.25) is 0 Å². The maximum atomic E-state index is 12.8. The number of fused-ring (bicyclic) bond motifs is 1. The molecule has 0 aliphatic carbocycles. The van der Waals surface area contributed by atoms with Gasteiger partial charge in [0.25, 0.3) is 15.6 Å². The minimum atomic E-state index is -4.58. The van der Waals surface area contributed by atoms with Crippen molar-refractivity contribution in [3.05, 3.63) is 70.2 Å². The first-order chi connectivity index (χ1) is 16.5. The molecule has 0 spiro atoms. The summed E-state index contributed by atoms with van der Waals surface area (Å²) in [4.78, 5) is 12.7. The summed E-state index contributed by atoms with van der Waals surface area (Å²) in [6, 6.07) is 10.3. The molecule has 2 heterocycles. The quantitative estimate of drug-likeness (QED) is 0.378. The second-order valence-electron chi connectivity index (χ2n) is 7.08. The molecule has 4 aromatic rings. The van der Waals surface area contributed by atoms with E-state index in [1.807, 2.05) is 0 Å². The van der Waals surface area contributed by atoms with E-state index in [4.69, 9.17) is 21.1 Å². The van der Waals surface area contributed by atoms with Crippen LogP contribution in [-0.4, -0.2) is 38.0 Å². The van der Waals surface area contributed by atoms with Crippen LogP contribution in [0, 0.1) is 0 Å². The van der Waals surface area contributed by atoms with Gasteiger partial charge < -0.3 is 14.0 Å². The lowest BCUT2D eigenvalue weighted by atomic mass is 10.2. The lowest BCUT2D eigenvalue weighted by molar-refractivity contribution is -0.153. The Morgan fingerprint density at radius 3 is 2.54 bits per heavy atom. The van der Waals surface area contributed by atoms with Gasteiger partial charge in [-0.1, -0.05) is 16.8 Å². The standard InChI is InChI=1S/C21H15ClF3N3O6S/c1-32-18-10-17(33-11-21(23,24)25)14(22)9-16(18)28-15-4-3-13(8-12(15)2-5-20(28)29)35(30,31)27-19-6-7-34-26-19/h2-10H,11H2,1H3,(H,26,27). The van der Waals surface area contributed by atoms with Crippen LogP contribution in [0.3, 0.4) is 0 Å². The SMILES string of the molecule is COc1cc(OCC(F)(F)F)c(Cl)cc1-n1c(=O)ccc2cc(S(=O)(=O)Nc3ccon3)ccc21. The van der Waals surface area contributed by atoms with E-state index in [-0.39, 0.29) is 38.4 Å². The van der Waals surface area contributed by atoms with Crippen LogP contribution in [0.15, 0.2) is 69.0 Å². The smallest absolute Gasteiger partial charge is 0.422 e. The number of nitrogens with zero attached hydrogens (tertiary/aromatic N) is 2. The zero-order valence-electron chi connectivity index (χ0n) is 17.7. The van der Waals surface area contributed by atoms with Crippen LogP contribution in [-0.2, 0) is 10.0 Å². The van der Waals surface area contributed by atoms with Gasteiger partial charge in [-0.25, -0.2) is 8.42 Å². The van der Waals surface area contributed by atoms with Crippen LogP contribution < -0.4 is 19.8 Å². The number of ether oxygens (including phenoxy) is 2. The van der Waals surface area contributed by atoms with Crippen molar-refractivity contribution in [2.45, 2.75) is 11.1 Å². The van der Waals surface area contributed by atoms with Gasteiger partial charge in [-0.3, -0.25) is 14.1 Å². The third kappa shape index (κ3) is 5.20. The Labute approximate surface area is 200 Å². The molecule has 35 heavy (non-hydrogen) atoms. The molecule has 0 saturated heterocycles. The van der Waals surface area contributed by atoms with Crippen LogP contribution in [0.2, 0.25) is 5.02 Å². The number of rotatable bonds is 7. The van der Waals surface area contributed by atoms with Crippen LogP contribution >= 0.6 is 11.6 Å². The Morgan fingerprint density at radius 1 is 1.11 bits per heavy atom. The van der Waals surface area contributed by atoms with Crippen LogP contribution in [0.5, 0.6) is 11.5 Å². The summed E-state index contributed by atoms with van der Waals surface area (Å²) in [7, 11) is -2.76. The minimum Gasteiger partial charge on any atom is -0.494 e. The number of nitrogens with one attached hydrogen (secondary N) is 1. The van der Waals surface area contributed by atoms with E-state index in [0.717, 1.165) is 6.07 Å². The van der Waals surface area contributed by atoms with Crippen LogP contribution in [0.4, 0.5) is 19.0 Å². The number of halogens is 4. The van der Waals surface area contributed by atoms with E-state index in [1.54, 1.807) is 0 Å². The number of methoxy groups -OCH3 is 1. The van der Waals surface area contributed by atoms with Crippen molar-refractivity contribution in [2.75, 3.05) is 18.4 Å². The first kappa shape index (κ1) is 24.4. The molecule has 4 rings (SSSR count). The van der Waals surface area contributed by atoms with E-state index >= 15 is 0 Å². The molecule has 0 unspecified atom stereocenters. The minimum absolute atomic E-state index is 0.00516. The monoisotopic (exact) mass is 529 g/mol. The first-order valence-electron chi connectivity index (χ1n) is 9.65. The number of aromatic nitrogens is 2. The molecule has 0 radical (unpaired) electrons. The molecule has 1 N–H and O–H groups in total. The predicted octanol–water partition coefficient (Wildman–Crippen LogP) is 4.38. The molecular formula is C21H15ClF3N3O6S. The first-order valence-corrected chi connectivity index (χ1v) is 11.5. The fraction of sp³-hybridized carbons (Fsp3) is 0.143. The zero-order chi connectivity index (χ0) is 25.4. The maximum absolute atomic E-state index is 12.8. The molecule has 2 aromatic heterocycles. The number of anilines is 1. The fourth-order valence-electron chi connectivity index (χ4n) is 3.23. The summed E-state index contributed by atoms with van der Waals surface area (Å²) >= 11 is 6.13. The number of pyridine rings is 1. The Hall–Kier alpha value is -3.71. The number of benzene rings is 2. The summed E-state index contributed by atoms with van der Waals surface area (Å²) in [5.41, 5.74) is -0.118. The van der Waals surface area contributed by atoms with Crippen molar-refractivity contribution in [2.24, 2.45) is 0 Å². The van der Waals surface area contributed by atoms with Gasteiger partial charge in [0.1, 0.15) is 17.8 Å². The number of hydrogen-bond donors (Lipinski definition) is 1. The van der Waals surface area contributed by atoms with E-state index in [9.17, 15) is 26.4 Å². The zero-order valence-corrected chi connectivity index (χ0v) is 19.2. The summed E-state index contributed by atoms with van der Waals surface area (Å²) in [6.07, 6.45) is -3.38. The van der Waals surface area contributed by atoms with Crippen molar-refractivity contribution in [3.63, 3.8) is 0 Å². The molecule has 14 heteroatoms. The molecule has 0 aliphatic heterocycles. The maximum Gasteiger partial charge on any atom is 0.422 e. The van der Waals surface area contributed by atoms with Gasteiger partial charge in [-0.05, 0) is 30.3 Å². The highest BCUT2D eigenvalue weighted by Gasteiger charge is 2.29. The third-order valence-electron chi connectivity index (χ3n) is 4.72. The summed E-state index contributed by atoms with van der Waals surface area (Å²) in [5, 5.41) is 3.68. The predicted molar refractivity (Wildman–Crippen MR) is 120 cm³/mol. The van der Waals surface area contributed by atoms with Crippen LogP contribution in [0.25, 0.3) is 16.6 Å². The molecular weight excluding hydrogens is 515 g/mol. The number of alkyl halides is 3.